The van der Waals surface area contributed by atoms with Gasteiger partial charge in [0.15, 0.2) is 0 Å². The molecule has 0 spiro atoms. The van der Waals surface area contributed by atoms with Gasteiger partial charge < -0.3 is 5.32 Å². The molecule has 0 saturated heterocycles. The third-order valence-electron chi connectivity index (χ3n) is 3.73. The predicted octanol–water partition coefficient (Wildman–Crippen LogP) is 4.77. The highest BCUT2D eigenvalue weighted by molar-refractivity contribution is 9.10. The number of pyridine rings is 1. The van der Waals surface area contributed by atoms with E-state index in [1.54, 1.807) is 0 Å². The van der Waals surface area contributed by atoms with E-state index in [4.69, 9.17) is 0 Å². The molecule has 3 rings (SSSR count). The maximum absolute atomic E-state index is 4.43. The van der Waals surface area contributed by atoms with Crippen LogP contribution in [0.1, 0.15) is 29.5 Å². The first kappa shape index (κ1) is 12.7. The molecule has 2 nitrogen and oxygen atoms in total. The maximum atomic E-state index is 4.43. The quantitative estimate of drug-likeness (QED) is 0.862. The first-order valence-corrected chi connectivity index (χ1v) is 7.54. The minimum absolute atomic E-state index is 0.902. The number of aryl methyl sites for hydroxylation is 2. The third-order valence-corrected chi connectivity index (χ3v) is 4.73. The van der Waals surface area contributed by atoms with Crippen molar-refractivity contribution < 1.29 is 0 Å². The van der Waals surface area contributed by atoms with E-state index in [2.05, 4.69) is 51.4 Å². The Bertz CT molecular complexity index is 608. The van der Waals surface area contributed by atoms with Crippen LogP contribution in [0.2, 0.25) is 0 Å². The van der Waals surface area contributed by atoms with Gasteiger partial charge in [0.05, 0.1) is 4.47 Å². The molecule has 0 amide bonds. The smallest absolute Gasteiger partial charge is 0.144 e. The summed E-state index contributed by atoms with van der Waals surface area (Å²) in [5, 5.41) is 3.48. The molecule has 0 unspecified atom stereocenters. The number of hydrogen-bond acceptors (Lipinski definition) is 2. The number of halogens is 1. The Morgan fingerprint density at radius 3 is 2.89 bits per heavy atom. The van der Waals surface area contributed by atoms with Gasteiger partial charge in [-0.2, -0.15) is 0 Å². The maximum Gasteiger partial charge on any atom is 0.144 e. The number of hydrogen-bond donors (Lipinski definition) is 1. The van der Waals surface area contributed by atoms with E-state index in [-0.39, 0.29) is 0 Å². The molecule has 2 aromatic rings. The van der Waals surface area contributed by atoms with Crippen molar-refractivity contribution in [2.75, 3.05) is 5.32 Å². The molecule has 0 aliphatic heterocycles. The highest BCUT2D eigenvalue weighted by atomic mass is 79.9. The van der Waals surface area contributed by atoms with Crippen LogP contribution in [-0.2, 0) is 12.8 Å². The molecular formula is C16H17BrN2. The zero-order valence-corrected chi connectivity index (χ0v) is 12.6. The standard InChI is InChI=1S/C16H17BrN2/c1-11-9-10-18-16(15(11)17)19-14-8-4-6-12-5-2-3-7-13(12)14/h4,6,8-10H,2-3,5,7H2,1H3,(H,18,19). The second kappa shape index (κ2) is 5.33. The molecule has 1 aliphatic rings. The van der Waals surface area contributed by atoms with Crippen LogP contribution in [0.5, 0.6) is 0 Å². The largest absolute Gasteiger partial charge is 0.339 e. The van der Waals surface area contributed by atoms with E-state index >= 15 is 0 Å². The SMILES string of the molecule is Cc1ccnc(Nc2cccc3c2CCCC3)c1Br. The second-order valence-corrected chi connectivity index (χ2v) is 5.86. The lowest BCUT2D eigenvalue weighted by Gasteiger charge is -2.20. The zero-order valence-electron chi connectivity index (χ0n) is 11.0. The van der Waals surface area contributed by atoms with Crippen molar-refractivity contribution in [2.45, 2.75) is 32.6 Å². The highest BCUT2D eigenvalue weighted by Gasteiger charge is 2.14. The van der Waals surface area contributed by atoms with Gasteiger partial charge in [-0.1, -0.05) is 12.1 Å². The van der Waals surface area contributed by atoms with Crippen LogP contribution >= 0.6 is 15.9 Å². The van der Waals surface area contributed by atoms with Crippen molar-refractivity contribution in [3.63, 3.8) is 0 Å². The molecule has 1 aromatic carbocycles. The summed E-state index contributed by atoms with van der Waals surface area (Å²) in [6, 6.07) is 8.55. The van der Waals surface area contributed by atoms with Crippen LogP contribution in [0.25, 0.3) is 0 Å². The van der Waals surface area contributed by atoms with Gasteiger partial charge in [-0.15, -0.1) is 0 Å². The summed E-state index contributed by atoms with van der Waals surface area (Å²) in [5.74, 6) is 0.902. The molecule has 1 heterocycles. The lowest BCUT2D eigenvalue weighted by Crippen LogP contribution is -2.07. The van der Waals surface area contributed by atoms with Crippen LogP contribution in [0.4, 0.5) is 11.5 Å². The molecule has 0 atom stereocenters. The van der Waals surface area contributed by atoms with Gasteiger partial charge in [0, 0.05) is 11.9 Å². The fourth-order valence-corrected chi connectivity index (χ4v) is 2.99. The van der Waals surface area contributed by atoms with Gasteiger partial charge >= 0.3 is 0 Å². The molecule has 1 aromatic heterocycles. The molecule has 1 aliphatic carbocycles. The van der Waals surface area contributed by atoms with Crippen LogP contribution in [0.15, 0.2) is 34.9 Å². The second-order valence-electron chi connectivity index (χ2n) is 5.07. The Morgan fingerprint density at radius 1 is 1.16 bits per heavy atom. The van der Waals surface area contributed by atoms with Gasteiger partial charge in [0.1, 0.15) is 5.82 Å². The Balaban J connectivity index is 1.97. The van der Waals surface area contributed by atoms with Crippen molar-refractivity contribution in [3.05, 3.63) is 51.6 Å². The van der Waals surface area contributed by atoms with Gasteiger partial charge in [0.25, 0.3) is 0 Å². The molecule has 19 heavy (non-hydrogen) atoms. The summed E-state index contributed by atoms with van der Waals surface area (Å²) >= 11 is 3.61. The number of benzene rings is 1. The van der Waals surface area contributed by atoms with Crippen LogP contribution in [-0.4, -0.2) is 4.98 Å². The molecule has 0 radical (unpaired) electrons. The third kappa shape index (κ3) is 2.52. The summed E-state index contributed by atoms with van der Waals surface area (Å²) in [6.07, 6.45) is 6.81. The fourth-order valence-electron chi connectivity index (χ4n) is 2.65. The minimum atomic E-state index is 0.902. The molecule has 1 N–H and O–H groups in total. The summed E-state index contributed by atoms with van der Waals surface area (Å²) < 4.78 is 1.04. The van der Waals surface area contributed by atoms with E-state index in [1.165, 1.54) is 48.1 Å². The Morgan fingerprint density at radius 2 is 2.00 bits per heavy atom. The monoisotopic (exact) mass is 316 g/mol. The predicted molar refractivity (Wildman–Crippen MR) is 83.0 cm³/mol. The van der Waals surface area contributed by atoms with Crippen molar-refractivity contribution >= 4 is 27.4 Å². The topological polar surface area (TPSA) is 24.9 Å². The van der Waals surface area contributed by atoms with E-state index in [9.17, 15) is 0 Å². The average molecular weight is 317 g/mol. The van der Waals surface area contributed by atoms with Crippen molar-refractivity contribution in [1.82, 2.24) is 4.98 Å². The highest BCUT2D eigenvalue weighted by Crippen LogP contribution is 2.32. The summed E-state index contributed by atoms with van der Waals surface area (Å²) in [5.41, 5.74) is 5.35. The van der Waals surface area contributed by atoms with E-state index < -0.39 is 0 Å². The summed E-state index contributed by atoms with van der Waals surface area (Å²) in [7, 11) is 0. The summed E-state index contributed by atoms with van der Waals surface area (Å²) in [6.45, 7) is 2.08. The minimum Gasteiger partial charge on any atom is -0.339 e. The van der Waals surface area contributed by atoms with E-state index in [0.717, 1.165) is 10.3 Å². The Kier molecular flexibility index (Phi) is 3.56. The molecule has 0 saturated carbocycles. The van der Waals surface area contributed by atoms with E-state index in [0.29, 0.717) is 0 Å². The first-order chi connectivity index (χ1) is 9.25. The van der Waals surface area contributed by atoms with Crippen LogP contribution < -0.4 is 5.32 Å². The fraction of sp³-hybridized carbons (Fsp3) is 0.312. The molecule has 0 bridgehead atoms. The molecular weight excluding hydrogens is 300 g/mol. The number of rotatable bonds is 2. The normalized spacial score (nSPS) is 14.0. The van der Waals surface area contributed by atoms with Gasteiger partial charge in [-0.25, -0.2) is 4.98 Å². The molecule has 98 valence electrons. The molecule has 3 heteroatoms. The van der Waals surface area contributed by atoms with Crippen LogP contribution in [0, 0.1) is 6.92 Å². The van der Waals surface area contributed by atoms with Crippen molar-refractivity contribution in [3.8, 4) is 0 Å². The number of anilines is 2. The van der Waals surface area contributed by atoms with Crippen molar-refractivity contribution in [1.29, 1.82) is 0 Å². The van der Waals surface area contributed by atoms with Crippen LogP contribution in [0.3, 0.4) is 0 Å². The van der Waals surface area contributed by atoms with Gasteiger partial charge in [-0.3, -0.25) is 0 Å². The number of nitrogens with zero attached hydrogens (tertiary/aromatic N) is 1. The lowest BCUT2D eigenvalue weighted by atomic mass is 9.90. The van der Waals surface area contributed by atoms with Crippen molar-refractivity contribution in [2.24, 2.45) is 0 Å². The average Bonchev–Trinajstić information content (AvgIpc) is 2.44. The zero-order chi connectivity index (χ0) is 13.2. The summed E-state index contributed by atoms with van der Waals surface area (Å²) in [4.78, 5) is 4.43. The number of aromatic nitrogens is 1. The number of nitrogens with one attached hydrogen (secondary N) is 1. The lowest BCUT2D eigenvalue weighted by molar-refractivity contribution is 0.687. The van der Waals surface area contributed by atoms with Gasteiger partial charge in [-0.05, 0) is 77.4 Å². The Labute approximate surface area is 122 Å². The first-order valence-electron chi connectivity index (χ1n) is 6.74. The van der Waals surface area contributed by atoms with Gasteiger partial charge in [0.2, 0.25) is 0 Å². The number of fused-ring (bicyclic) bond motifs is 1. The molecule has 0 fully saturated rings. The Hall–Kier alpha value is -1.35. The van der Waals surface area contributed by atoms with E-state index in [1.807, 2.05) is 12.3 Å².